The molecule has 0 saturated heterocycles. The lowest BCUT2D eigenvalue weighted by molar-refractivity contribution is 0.819. The van der Waals surface area contributed by atoms with Gasteiger partial charge in [0.2, 0.25) is 0 Å². The Hall–Kier alpha value is -1.02. The van der Waals surface area contributed by atoms with Gasteiger partial charge in [0.15, 0.2) is 0 Å². The average molecular weight is 266 g/mol. The molecule has 0 fully saturated rings. The molecule has 0 radical (unpaired) electrons. The van der Waals surface area contributed by atoms with E-state index < -0.39 is 0 Å². The van der Waals surface area contributed by atoms with E-state index in [-0.39, 0.29) is 6.04 Å². The number of hydrogen-bond donors (Lipinski definition) is 1. The van der Waals surface area contributed by atoms with Crippen LogP contribution in [0.15, 0.2) is 42.5 Å². The van der Waals surface area contributed by atoms with Gasteiger partial charge >= 0.3 is 0 Å². The summed E-state index contributed by atoms with van der Waals surface area (Å²) in [5, 5.41) is 1.29. The Kier molecular flexibility index (Phi) is 3.72. The van der Waals surface area contributed by atoms with Crippen molar-refractivity contribution in [3.63, 3.8) is 0 Å². The highest BCUT2D eigenvalue weighted by atomic mass is 35.5. The maximum Gasteiger partial charge on any atom is 0.0499 e. The summed E-state index contributed by atoms with van der Waals surface area (Å²) >= 11 is 12.1. The molecule has 0 heterocycles. The lowest BCUT2D eigenvalue weighted by atomic mass is 10.0. The van der Waals surface area contributed by atoms with E-state index in [0.29, 0.717) is 10.0 Å². The molecule has 2 N–H and O–H groups in total. The van der Waals surface area contributed by atoms with Crippen molar-refractivity contribution in [1.29, 1.82) is 0 Å². The van der Waals surface area contributed by atoms with Crippen LogP contribution >= 0.6 is 23.2 Å². The quantitative estimate of drug-likeness (QED) is 0.839. The summed E-state index contributed by atoms with van der Waals surface area (Å²) in [7, 11) is 0. The zero-order valence-electron chi connectivity index (χ0n) is 9.45. The van der Waals surface area contributed by atoms with E-state index in [9.17, 15) is 0 Å². The maximum absolute atomic E-state index is 6.18. The van der Waals surface area contributed by atoms with Crippen LogP contribution in [0.5, 0.6) is 0 Å². The molecule has 0 amide bonds. The molecule has 0 saturated carbocycles. The molecule has 0 bridgehead atoms. The van der Waals surface area contributed by atoms with E-state index in [1.54, 1.807) is 6.07 Å². The van der Waals surface area contributed by atoms with E-state index in [1.165, 1.54) is 0 Å². The van der Waals surface area contributed by atoms with Gasteiger partial charge in [0.25, 0.3) is 0 Å². The number of rotatable bonds is 2. The first-order chi connectivity index (χ1) is 8.08. The summed E-state index contributed by atoms with van der Waals surface area (Å²) in [5.74, 6) is 0. The first-order valence-corrected chi connectivity index (χ1v) is 6.14. The summed E-state index contributed by atoms with van der Waals surface area (Å²) in [6, 6.07) is 13.6. The van der Waals surface area contributed by atoms with Gasteiger partial charge in [0.1, 0.15) is 0 Å². The Labute approximate surface area is 111 Å². The van der Waals surface area contributed by atoms with E-state index in [4.69, 9.17) is 28.9 Å². The van der Waals surface area contributed by atoms with Gasteiger partial charge < -0.3 is 5.73 Å². The van der Waals surface area contributed by atoms with Crippen molar-refractivity contribution in [2.75, 3.05) is 0 Å². The van der Waals surface area contributed by atoms with Crippen LogP contribution in [0.2, 0.25) is 10.0 Å². The summed E-state index contributed by atoms with van der Waals surface area (Å²) in [5.41, 5.74) is 8.99. The molecule has 1 unspecified atom stereocenters. The molecule has 2 aromatic carbocycles. The second-order valence-corrected chi connectivity index (χ2v) is 4.88. The molecule has 0 aromatic heterocycles. The van der Waals surface area contributed by atoms with Crippen molar-refractivity contribution in [2.24, 2.45) is 5.73 Å². The lowest BCUT2D eigenvalue weighted by Crippen LogP contribution is -2.04. The molecule has 0 aliphatic heterocycles. The lowest BCUT2D eigenvalue weighted by Gasteiger charge is -2.09. The third-order valence-electron chi connectivity index (χ3n) is 2.65. The SMILES string of the molecule is CC(N)c1cccc(-c2ccc(Cl)cc2Cl)c1. The first-order valence-electron chi connectivity index (χ1n) is 5.39. The summed E-state index contributed by atoms with van der Waals surface area (Å²) in [6.45, 7) is 1.96. The van der Waals surface area contributed by atoms with Gasteiger partial charge in [0.05, 0.1) is 0 Å². The third-order valence-corrected chi connectivity index (χ3v) is 3.20. The fourth-order valence-corrected chi connectivity index (χ4v) is 2.23. The van der Waals surface area contributed by atoms with E-state index >= 15 is 0 Å². The van der Waals surface area contributed by atoms with Crippen LogP contribution in [0, 0.1) is 0 Å². The van der Waals surface area contributed by atoms with Crippen LogP contribution in [-0.2, 0) is 0 Å². The second-order valence-electron chi connectivity index (χ2n) is 4.04. The molecule has 0 aliphatic rings. The predicted octanol–water partition coefficient (Wildman–Crippen LogP) is 4.68. The normalized spacial score (nSPS) is 12.5. The van der Waals surface area contributed by atoms with Crippen LogP contribution in [0.4, 0.5) is 0 Å². The highest BCUT2D eigenvalue weighted by Crippen LogP contribution is 2.31. The predicted molar refractivity (Wildman–Crippen MR) is 74.5 cm³/mol. The summed E-state index contributed by atoms with van der Waals surface area (Å²) < 4.78 is 0. The standard InChI is InChI=1S/C14H13Cl2N/c1-9(17)10-3-2-4-11(7-10)13-6-5-12(15)8-14(13)16/h2-9H,17H2,1H3. The van der Waals surface area contributed by atoms with Gasteiger partial charge in [0, 0.05) is 21.7 Å². The van der Waals surface area contributed by atoms with Crippen molar-refractivity contribution in [2.45, 2.75) is 13.0 Å². The van der Waals surface area contributed by atoms with Gasteiger partial charge in [-0.15, -0.1) is 0 Å². The Morgan fingerprint density at radius 1 is 1.06 bits per heavy atom. The molecule has 2 rings (SSSR count). The highest BCUT2D eigenvalue weighted by molar-refractivity contribution is 6.36. The fraction of sp³-hybridized carbons (Fsp3) is 0.143. The monoisotopic (exact) mass is 265 g/mol. The zero-order chi connectivity index (χ0) is 12.4. The summed E-state index contributed by atoms with van der Waals surface area (Å²) in [4.78, 5) is 0. The smallest absolute Gasteiger partial charge is 0.0499 e. The molecular weight excluding hydrogens is 253 g/mol. The Morgan fingerprint density at radius 2 is 1.82 bits per heavy atom. The van der Waals surface area contributed by atoms with Crippen molar-refractivity contribution >= 4 is 23.2 Å². The maximum atomic E-state index is 6.18. The Morgan fingerprint density at radius 3 is 2.47 bits per heavy atom. The van der Waals surface area contributed by atoms with Crippen LogP contribution in [0.3, 0.4) is 0 Å². The van der Waals surface area contributed by atoms with Gasteiger partial charge in [-0.25, -0.2) is 0 Å². The fourth-order valence-electron chi connectivity index (χ4n) is 1.71. The number of halogens is 2. The topological polar surface area (TPSA) is 26.0 Å². The van der Waals surface area contributed by atoms with E-state index in [2.05, 4.69) is 6.07 Å². The van der Waals surface area contributed by atoms with Crippen LogP contribution in [0.25, 0.3) is 11.1 Å². The molecule has 88 valence electrons. The molecule has 0 aliphatic carbocycles. The number of benzene rings is 2. The van der Waals surface area contributed by atoms with Crippen LogP contribution < -0.4 is 5.73 Å². The molecular formula is C14H13Cl2N. The Bertz CT molecular complexity index is 535. The largest absolute Gasteiger partial charge is 0.324 e. The van der Waals surface area contributed by atoms with Crippen LogP contribution in [0.1, 0.15) is 18.5 Å². The average Bonchev–Trinajstić information content (AvgIpc) is 2.29. The van der Waals surface area contributed by atoms with E-state index in [1.807, 2.05) is 37.3 Å². The van der Waals surface area contributed by atoms with Crippen LogP contribution in [-0.4, -0.2) is 0 Å². The third kappa shape index (κ3) is 2.81. The highest BCUT2D eigenvalue weighted by Gasteiger charge is 2.06. The number of nitrogens with two attached hydrogens (primary N) is 1. The van der Waals surface area contributed by atoms with Crippen molar-refractivity contribution in [3.8, 4) is 11.1 Å². The minimum absolute atomic E-state index is 0.0148. The van der Waals surface area contributed by atoms with Crippen molar-refractivity contribution in [3.05, 3.63) is 58.1 Å². The van der Waals surface area contributed by atoms with Crippen molar-refractivity contribution in [1.82, 2.24) is 0 Å². The van der Waals surface area contributed by atoms with Gasteiger partial charge in [-0.3, -0.25) is 0 Å². The first kappa shape index (κ1) is 12.4. The number of hydrogen-bond acceptors (Lipinski definition) is 1. The second kappa shape index (κ2) is 5.09. The molecule has 2 aromatic rings. The van der Waals surface area contributed by atoms with Crippen molar-refractivity contribution < 1.29 is 0 Å². The van der Waals surface area contributed by atoms with E-state index in [0.717, 1.165) is 16.7 Å². The zero-order valence-corrected chi connectivity index (χ0v) is 11.0. The minimum atomic E-state index is 0.0148. The molecule has 3 heteroatoms. The molecule has 1 nitrogen and oxygen atoms in total. The van der Waals surface area contributed by atoms with Gasteiger partial charge in [-0.05, 0) is 36.2 Å². The van der Waals surface area contributed by atoms with Gasteiger partial charge in [-0.1, -0.05) is 47.5 Å². The van der Waals surface area contributed by atoms with Gasteiger partial charge in [-0.2, -0.15) is 0 Å². The Balaban J connectivity index is 2.49. The summed E-state index contributed by atoms with van der Waals surface area (Å²) in [6.07, 6.45) is 0. The molecule has 1 atom stereocenters. The molecule has 17 heavy (non-hydrogen) atoms. The minimum Gasteiger partial charge on any atom is -0.324 e. The molecule has 0 spiro atoms.